The third-order valence-corrected chi connectivity index (χ3v) is 6.82. The van der Waals surface area contributed by atoms with Crippen molar-refractivity contribution in [2.24, 2.45) is 0 Å². The number of ether oxygens (including phenoxy) is 2. The maximum Gasteiger partial charge on any atom is 0.264 e. The van der Waals surface area contributed by atoms with Crippen LogP contribution >= 0.6 is 0 Å². The number of nitrogens with one attached hydrogen (secondary N) is 1. The van der Waals surface area contributed by atoms with E-state index in [0.29, 0.717) is 18.0 Å². The van der Waals surface area contributed by atoms with Gasteiger partial charge in [0.15, 0.2) is 0 Å². The summed E-state index contributed by atoms with van der Waals surface area (Å²) in [6, 6.07) is 14.8. The fourth-order valence-electron chi connectivity index (χ4n) is 3.40. The number of carbonyl (C=O) groups excluding carboxylic acids is 1. The highest BCUT2D eigenvalue weighted by Crippen LogP contribution is 2.31. The molecule has 0 spiro atoms. The van der Waals surface area contributed by atoms with Crippen LogP contribution in [0.15, 0.2) is 59.5 Å². The molecule has 0 aromatic heterocycles. The van der Waals surface area contributed by atoms with Crippen molar-refractivity contribution in [2.75, 3.05) is 57.4 Å². The Hall–Kier alpha value is -2.62. The van der Waals surface area contributed by atoms with Gasteiger partial charge in [0, 0.05) is 19.6 Å². The molecule has 8 nitrogen and oxygen atoms in total. The Kier molecular flexibility index (Phi) is 8.27. The molecule has 0 aliphatic carbocycles. The molecule has 1 aliphatic rings. The SMILES string of the molecule is COc1ccccc1N(CC(=O)NCCCN1CCOCC1)S(=O)(=O)c1ccccc1. The molecule has 1 saturated heterocycles. The molecule has 3 rings (SSSR count). The molecule has 9 heteroatoms. The zero-order chi connectivity index (χ0) is 22.1. The van der Waals surface area contributed by atoms with E-state index in [9.17, 15) is 13.2 Å². The number of methoxy groups -OCH3 is 1. The van der Waals surface area contributed by atoms with Crippen molar-refractivity contribution >= 4 is 21.6 Å². The topological polar surface area (TPSA) is 88.2 Å². The lowest BCUT2D eigenvalue weighted by atomic mass is 10.3. The molecule has 31 heavy (non-hydrogen) atoms. The number of benzene rings is 2. The van der Waals surface area contributed by atoms with Crippen molar-refractivity contribution in [3.8, 4) is 5.75 Å². The van der Waals surface area contributed by atoms with Gasteiger partial charge in [0.25, 0.3) is 10.0 Å². The quantitative estimate of drug-likeness (QED) is 0.558. The zero-order valence-electron chi connectivity index (χ0n) is 17.7. The Morgan fingerprint density at radius 1 is 1.10 bits per heavy atom. The van der Waals surface area contributed by atoms with Gasteiger partial charge in [-0.15, -0.1) is 0 Å². The van der Waals surface area contributed by atoms with E-state index in [4.69, 9.17) is 9.47 Å². The van der Waals surface area contributed by atoms with E-state index in [0.717, 1.165) is 43.6 Å². The number of hydrogen-bond donors (Lipinski definition) is 1. The smallest absolute Gasteiger partial charge is 0.264 e. The van der Waals surface area contributed by atoms with Crippen LogP contribution in [0, 0.1) is 0 Å². The van der Waals surface area contributed by atoms with E-state index in [1.165, 1.54) is 19.2 Å². The summed E-state index contributed by atoms with van der Waals surface area (Å²) in [7, 11) is -2.49. The highest BCUT2D eigenvalue weighted by atomic mass is 32.2. The molecule has 1 fully saturated rings. The lowest BCUT2D eigenvalue weighted by Crippen LogP contribution is -2.42. The first kappa shape index (κ1) is 23.1. The first-order chi connectivity index (χ1) is 15.0. The summed E-state index contributed by atoms with van der Waals surface area (Å²) in [5.74, 6) is 0.00881. The van der Waals surface area contributed by atoms with E-state index < -0.39 is 10.0 Å². The van der Waals surface area contributed by atoms with Crippen LogP contribution in [-0.2, 0) is 19.6 Å². The molecular weight excluding hydrogens is 418 g/mol. The van der Waals surface area contributed by atoms with Crippen LogP contribution < -0.4 is 14.4 Å². The van der Waals surface area contributed by atoms with Gasteiger partial charge in [0.2, 0.25) is 5.91 Å². The predicted molar refractivity (Wildman–Crippen MR) is 119 cm³/mol. The monoisotopic (exact) mass is 447 g/mol. The summed E-state index contributed by atoms with van der Waals surface area (Å²) in [5, 5.41) is 2.84. The van der Waals surface area contributed by atoms with Gasteiger partial charge < -0.3 is 14.8 Å². The van der Waals surface area contributed by atoms with Gasteiger partial charge in [-0.1, -0.05) is 30.3 Å². The van der Waals surface area contributed by atoms with Gasteiger partial charge in [-0.05, 0) is 37.2 Å². The molecule has 1 aliphatic heterocycles. The van der Waals surface area contributed by atoms with Gasteiger partial charge in [-0.3, -0.25) is 14.0 Å². The van der Waals surface area contributed by atoms with E-state index in [1.807, 2.05) is 0 Å². The van der Waals surface area contributed by atoms with Crippen molar-refractivity contribution in [3.63, 3.8) is 0 Å². The highest BCUT2D eigenvalue weighted by Gasteiger charge is 2.29. The number of anilines is 1. The molecular formula is C22H29N3O5S. The number of rotatable bonds is 10. The average Bonchev–Trinajstić information content (AvgIpc) is 2.81. The number of hydrogen-bond acceptors (Lipinski definition) is 6. The minimum Gasteiger partial charge on any atom is -0.495 e. The number of morpholine rings is 1. The maximum absolute atomic E-state index is 13.3. The molecule has 1 amide bonds. The summed E-state index contributed by atoms with van der Waals surface area (Å²) in [6.45, 7) is 4.25. The Labute approximate surface area is 183 Å². The zero-order valence-corrected chi connectivity index (χ0v) is 18.5. The van der Waals surface area contributed by atoms with Crippen molar-refractivity contribution in [2.45, 2.75) is 11.3 Å². The molecule has 1 N–H and O–H groups in total. The summed E-state index contributed by atoms with van der Waals surface area (Å²) in [4.78, 5) is 15.1. The van der Waals surface area contributed by atoms with E-state index in [-0.39, 0.29) is 17.3 Å². The second kappa shape index (κ2) is 11.1. The average molecular weight is 448 g/mol. The lowest BCUT2D eigenvalue weighted by Gasteiger charge is -2.27. The van der Waals surface area contributed by atoms with Crippen molar-refractivity contribution in [1.82, 2.24) is 10.2 Å². The summed E-state index contributed by atoms with van der Waals surface area (Å²) in [6.07, 6.45) is 0.784. The highest BCUT2D eigenvalue weighted by molar-refractivity contribution is 7.92. The molecule has 2 aromatic carbocycles. The van der Waals surface area contributed by atoms with Gasteiger partial charge >= 0.3 is 0 Å². The maximum atomic E-state index is 13.3. The van der Waals surface area contributed by atoms with Gasteiger partial charge in [-0.2, -0.15) is 0 Å². The van der Waals surface area contributed by atoms with E-state index >= 15 is 0 Å². The van der Waals surface area contributed by atoms with Crippen LogP contribution in [-0.4, -0.2) is 72.3 Å². The standard InChI is InChI=1S/C22H29N3O5S/c1-29-21-11-6-5-10-20(21)25(31(27,28)19-8-3-2-4-9-19)18-22(26)23-12-7-13-24-14-16-30-17-15-24/h2-6,8-11H,7,12-18H2,1H3,(H,23,26). The number of carbonyl (C=O) groups is 1. The van der Waals surface area contributed by atoms with Crippen LogP contribution in [0.3, 0.4) is 0 Å². The molecule has 168 valence electrons. The molecule has 2 aromatic rings. The Bertz CT molecular complexity index is 947. The second-order valence-electron chi connectivity index (χ2n) is 7.15. The summed E-state index contributed by atoms with van der Waals surface area (Å²) >= 11 is 0. The number of sulfonamides is 1. The first-order valence-electron chi connectivity index (χ1n) is 10.3. The van der Waals surface area contributed by atoms with Crippen LogP contribution in [0.4, 0.5) is 5.69 Å². The van der Waals surface area contributed by atoms with Crippen molar-refractivity contribution < 1.29 is 22.7 Å². The first-order valence-corrected chi connectivity index (χ1v) is 11.7. The minimum absolute atomic E-state index is 0.112. The summed E-state index contributed by atoms with van der Waals surface area (Å²) < 4.78 is 38.5. The van der Waals surface area contributed by atoms with Crippen LogP contribution in [0.25, 0.3) is 0 Å². The molecule has 1 heterocycles. The predicted octanol–water partition coefficient (Wildman–Crippen LogP) is 1.73. The Morgan fingerprint density at radius 3 is 2.48 bits per heavy atom. The largest absolute Gasteiger partial charge is 0.495 e. The van der Waals surface area contributed by atoms with E-state index in [2.05, 4.69) is 10.2 Å². The Balaban J connectivity index is 1.70. The molecule has 0 atom stereocenters. The third-order valence-electron chi connectivity index (χ3n) is 5.05. The van der Waals surface area contributed by atoms with E-state index in [1.54, 1.807) is 42.5 Å². The molecule has 0 radical (unpaired) electrons. The van der Waals surface area contributed by atoms with Gasteiger partial charge in [-0.25, -0.2) is 8.42 Å². The van der Waals surface area contributed by atoms with Gasteiger partial charge in [0.05, 0.1) is 30.9 Å². The van der Waals surface area contributed by atoms with Gasteiger partial charge in [0.1, 0.15) is 12.3 Å². The lowest BCUT2D eigenvalue weighted by molar-refractivity contribution is -0.119. The molecule has 0 saturated carbocycles. The normalized spacial score (nSPS) is 14.7. The van der Waals surface area contributed by atoms with Crippen molar-refractivity contribution in [1.29, 1.82) is 0 Å². The van der Waals surface area contributed by atoms with Crippen LogP contribution in [0.5, 0.6) is 5.75 Å². The Morgan fingerprint density at radius 2 is 1.77 bits per heavy atom. The number of nitrogens with zero attached hydrogens (tertiary/aromatic N) is 2. The fourth-order valence-corrected chi connectivity index (χ4v) is 4.85. The fraction of sp³-hybridized carbons (Fsp3) is 0.409. The van der Waals surface area contributed by atoms with Crippen molar-refractivity contribution in [3.05, 3.63) is 54.6 Å². The number of amides is 1. The minimum atomic E-state index is -3.96. The van der Waals surface area contributed by atoms with Crippen LogP contribution in [0.2, 0.25) is 0 Å². The third kappa shape index (κ3) is 6.19. The molecule has 0 unspecified atom stereocenters. The summed E-state index contributed by atoms with van der Waals surface area (Å²) in [5.41, 5.74) is 0.317. The van der Waals surface area contributed by atoms with Crippen LogP contribution in [0.1, 0.15) is 6.42 Å². The second-order valence-corrected chi connectivity index (χ2v) is 9.02. The number of para-hydroxylation sites is 2. The molecule has 0 bridgehead atoms.